The van der Waals surface area contributed by atoms with Crippen molar-refractivity contribution in [1.82, 2.24) is 4.57 Å². The maximum absolute atomic E-state index is 13.4. The van der Waals surface area contributed by atoms with Crippen LogP contribution >= 0.6 is 11.6 Å². The maximum Gasteiger partial charge on any atom is 0.416 e. The van der Waals surface area contributed by atoms with E-state index in [4.69, 9.17) is 11.6 Å². The summed E-state index contributed by atoms with van der Waals surface area (Å²) in [6.07, 6.45) is -4.50. The molecule has 0 radical (unpaired) electrons. The normalized spacial score (nSPS) is 15.6. The number of aromatic nitrogens is 1. The maximum atomic E-state index is 13.4. The van der Waals surface area contributed by atoms with Crippen LogP contribution in [0.1, 0.15) is 11.1 Å². The van der Waals surface area contributed by atoms with Gasteiger partial charge in [-0.25, -0.2) is 4.39 Å². The van der Waals surface area contributed by atoms with Crippen LogP contribution in [-0.2, 0) is 12.7 Å². The Hall–Kier alpha value is -1.89. The van der Waals surface area contributed by atoms with E-state index in [0.29, 0.717) is 18.2 Å². The Morgan fingerprint density at radius 2 is 2.00 bits per heavy atom. The first-order valence-corrected chi connectivity index (χ1v) is 7.04. The summed E-state index contributed by atoms with van der Waals surface area (Å²) in [4.78, 5) is 1.80. The van der Waals surface area contributed by atoms with Crippen LogP contribution in [-0.4, -0.2) is 17.7 Å². The Bertz CT molecular complexity index is 781. The Balaban J connectivity index is 1.69. The molecule has 1 aromatic carbocycles. The van der Waals surface area contributed by atoms with Crippen molar-refractivity contribution in [3.05, 3.63) is 40.3 Å². The van der Waals surface area contributed by atoms with Gasteiger partial charge in [-0.05, 0) is 23.8 Å². The molecule has 3 nitrogen and oxygen atoms in total. The predicted octanol–water partition coefficient (Wildman–Crippen LogP) is 4.03. The summed E-state index contributed by atoms with van der Waals surface area (Å²) in [6.45, 7) is 1.13. The SMILES string of the molecule is Fc1ccc(C(F)(F)F)c(CN2CCNc3c2c2c(Cl)n3-2)c1. The van der Waals surface area contributed by atoms with Crippen molar-refractivity contribution in [2.75, 3.05) is 23.3 Å². The summed E-state index contributed by atoms with van der Waals surface area (Å²) < 4.78 is 54.4. The Morgan fingerprint density at radius 1 is 1.23 bits per heavy atom. The average molecular weight is 332 g/mol. The molecule has 0 spiro atoms. The lowest BCUT2D eigenvalue weighted by molar-refractivity contribution is -0.138. The first kappa shape index (κ1) is 13.8. The van der Waals surface area contributed by atoms with Crippen molar-refractivity contribution in [2.24, 2.45) is 0 Å². The molecule has 0 atom stereocenters. The zero-order chi connectivity index (χ0) is 15.6. The van der Waals surface area contributed by atoms with Gasteiger partial charge in [0.2, 0.25) is 0 Å². The van der Waals surface area contributed by atoms with Crippen molar-refractivity contribution >= 4 is 23.1 Å². The summed E-state index contributed by atoms with van der Waals surface area (Å²) in [5.41, 5.74) is 0.779. The highest BCUT2D eigenvalue weighted by Gasteiger charge is 2.42. The first-order chi connectivity index (χ1) is 10.4. The largest absolute Gasteiger partial charge is 0.416 e. The number of nitrogens with one attached hydrogen (secondary N) is 1. The third kappa shape index (κ3) is 1.88. The minimum Gasteiger partial charge on any atom is -0.368 e. The highest BCUT2D eigenvalue weighted by Crippen LogP contribution is 2.57. The van der Waals surface area contributed by atoms with Gasteiger partial charge >= 0.3 is 6.18 Å². The van der Waals surface area contributed by atoms with Gasteiger partial charge in [0.25, 0.3) is 0 Å². The fraction of sp³-hybridized carbons (Fsp3) is 0.286. The molecule has 8 heteroatoms. The lowest BCUT2D eigenvalue weighted by Crippen LogP contribution is -2.36. The number of hydrogen-bond donors (Lipinski definition) is 1. The minimum atomic E-state index is -4.50. The second-order valence-corrected chi connectivity index (χ2v) is 5.68. The monoisotopic (exact) mass is 331 g/mol. The summed E-state index contributed by atoms with van der Waals surface area (Å²) in [5, 5.41) is 3.75. The Kier molecular flexibility index (Phi) is 2.70. The van der Waals surface area contributed by atoms with Crippen LogP contribution in [0.2, 0.25) is 5.15 Å². The lowest BCUT2D eigenvalue weighted by Gasteiger charge is -2.35. The fourth-order valence-corrected chi connectivity index (χ4v) is 3.24. The molecular formula is C14H10ClF4N3. The molecule has 116 valence electrons. The highest BCUT2D eigenvalue weighted by molar-refractivity contribution is 6.37. The molecule has 0 aromatic heterocycles. The lowest BCUT2D eigenvalue weighted by atomic mass is 10.1. The van der Waals surface area contributed by atoms with Crippen LogP contribution in [0.25, 0.3) is 5.69 Å². The molecule has 1 N–H and O–H groups in total. The summed E-state index contributed by atoms with van der Waals surface area (Å²) in [7, 11) is 0. The molecule has 0 saturated heterocycles. The molecule has 0 aliphatic carbocycles. The molecule has 0 unspecified atom stereocenters. The van der Waals surface area contributed by atoms with Crippen LogP contribution in [0, 0.1) is 5.82 Å². The molecule has 22 heavy (non-hydrogen) atoms. The van der Waals surface area contributed by atoms with Crippen LogP contribution in [0.5, 0.6) is 0 Å². The van der Waals surface area contributed by atoms with Gasteiger partial charge in [0.15, 0.2) is 0 Å². The third-order valence-electron chi connectivity index (χ3n) is 3.96. The molecule has 0 amide bonds. The van der Waals surface area contributed by atoms with Gasteiger partial charge in [0, 0.05) is 19.6 Å². The molecule has 3 aliphatic rings. The standard InChI is InChI=1S/C14H10ClF4N3/c15-12-10-11-13(22(10)12)20-3-4-21(11)6-7-5-8(16)1-2-9(7)14(17,18)19/h1-2,5,20H,3-4,6H2. The zero-order valence-electron chi connectivity index (χ0n) is 11.1. The van der Waals surface area contributed by atoms with Crippen LogP contribution in [0.4, 0.5) is 29.1 Å². The van der Waals surface area contributed by atoms with Crippen molar-refractivity contribution in [3.63, 3.8) is 0 Å². The van der Waals surface area contributed by atoms with Gasteiger partial charge in [-0.1, -0.05) is 11.6 Å². The molecule has 4 rings (SSSR count). The van der Waals surface area contributed by atoms with E-state index in [9.17, 15) is 17.6 Å². The van der Waals surface area contributed by atoms with Crippen LogP contribution in [0.3, 0.4) is 0 Å². The van der Waals surface area contributed by atoms with E-state index in [1.807, 2.05) is 0 Å². The van der Waals surface area contributed by atoms with Crippen LogP contribution in [0.15, 0.2) is 18.2 Å². The number of hydrogen-bond acceptors (Lipinski definition) is 2. The molecule has 3 heterocycles. The number of fused-ring (bicyclic) bond motifs is 4. The van der Waals surface area contributed by atoms with Gasteiger partial charge < -0.3 is 10.2 Å². The zero-order valence-corrected chi connectivity index (χ0v) is 11.9. The van der Waals surface area contributed by atoms with Gasteiger partial charge in [-0.3, -0.25) is 4.57 Å². The van der Waals surface area contributed by atoms with Crippen molar-refractivity contribution in [1.29, 1.82) is 0 Å². The molecule has 3 aliphatic heterocycles. The fourth-order valence-electron chi connectivity index (χ4n) is 2.94. The molecule has 0 saturated carbocycles. The Labute approximate surface area is 128 Å². The Morgan fingerprint density at radius 3 is 2.73 bits per heavy atom. The van der Waals surface area contributed by atoms with Crippen molar-refractivity contribution < 1.29 is 17.6 Å². The summed E-state index contributed by atoms with van der Waals surface area (Å²) in [5.74, 6) is 0.141. The summed E-state index contributed by atoms with van der Waals surface area (Å²) in [6, 6.07) is 2.57. The van der Waals surface area contributed by atoms with E-state index in [1.54, 1.807) is 9.47 Å². The molecule has 0 fully saturated rings. The highest BCUT2D eigenvalue weighted by atomic mass is 35.5. The average Bonchev–Trinajstić information content (AvgIpc) is 2.97. The number of halogens is 5. The third-order valence-corrected chi connectivity index (χ3v) is 4.31. The van der Waals surface area contributed by atoms with E-state index in [1.165, 1.54) is 0 Å². The minimum absolute atomic E-state index is 0.00533. The smallest absolute Gasteiger partial charge is 0.368 e. The number of alkyl halides is 3. The number of rotatable bonds is 2. The van der Waals surface area contributed by atoms with Crippen molar-refractivity contribution in [2.45, 2.75) is 12.7 Å². The molecular weight excluding hydrogens is 322 g/mol. The topological polar surface area (TPSA) is 20.2 Å². The van der Waals surface area contributed by atoms with E-state index in [2.05, 4.69) is 5.32 Å². The predicted molar refractivity (Wildman–Crippen MR) is 75.3 cm³/mol. The van der Waals surface area contributed by atoms with Gasteiger partial charge in [0.05, 0.1) is 5.56 Å². The van der Waals surface area contributed by atoms with Crippen molar-refractivity contribution in [3.8, 4) is 5.69 Å². The van der Waals surface area contributed by atoms with Gasteiger partial charge in [-0.2, -0.15) is 13.2 Å². The summed E-state index contributed by atoms with van der Waals surface area (Å²) >= 11 is 5.98. The van der Waals surface area contributed by atoms with Gasteiger partial charge in [0.1, 0.15) is 28.2 Å². The quantitative estimate of drug-likeness (QED) is 0.715. The first-order valence-electron chi connectivity index (χ1n) is 6.67. The van der Waals surface area contributed by atoms with E-state index >= 15 is 0 Å². The molecule has 1 aromatic rings. The van der Waals surface area contributed by atoms with Crippen LogP contribution < -0.4 is 10.2 Å². The second-order valence-electron chi connectivity index (χ2n) is 5.32. The number of benzene rings is 1. The number of anilines is 2. The number of nitrogens with zero attached hydrogens (tertiary/aromatic N) is 2. The van der Waals surface area contributed by atoms with E-state index in [-0.39, 0.29) is 12.1 Å². The van der Waals surface area contributed by atoms with E-state index in [0.717, 1.165) is 35.4 Å². The molecule has 0 bridgehead atoms. The van der Waals surface area contributed by atoms with E-state index < -0.39 is 17.6 Å². The second kappa shape index (κ2) is 4.32. The van der Waals surface area contributed by atoms with Gasteiger partial charge in [-0.15, -0.1) is 0 Å².